The van der Waals surface area contributed by atoms with Crippen LogP contribution in [0.15, 0.2) is 18.2 Å². The maximum Gasteiger partial charge on any atom is 0.131 e. The van der Waals surface area contributed by atoms with Crippen LogP contribution in [0, 0.1) is 0 Å². The summed E-state index contributed by atoms with van der Waals surface area (Å²) in [5, 5.41) is 3.94. The molecule has 1 heterocycles. The molecular weight excluding hydrogens is 224 g/mol. The first-order valence-electron chi connectivity index (χ1n) is 5.70. The molecule has 1 saturated carbocycles. The molecule has 0 bridgehead atoms. The van der Waals surface area contributed by atoms with Crippen molar-refractivity contribution in [1.82, 2.24) is 4.98 Å². The van der Waals surface area contributed by atoms with Gasteiger partial charge in [0.15, 0.2) is 0 Å². The van der Waals surface area contributed by atoms with Crippen molar-refractivity contribution in [3.05, 3.63) is 23.4 Å². The molecule has 1 aromatic heterocycles. The zero-order chi connectivity index (χ0) is 11.4. The second-order valence-electron chi connectivity index (χ2n) is 4.21. The molecule has 1 aromatic rings. The number of hydrogen-bond acceptors (Lipinski definition) is 3. The normalized spacial score (nSPS) is 25.4. The lowest BCUT2D eigenvalue weighted by atomic mass is 9.93. The largest absolute Gasteiger partial charge is 0.381 e. The van der Waals surface area contributed by atoms with Crippen molar-refractivity contribution in [3.8, 4) is 0 Å². The van der Waals surface area contributed by atoms with E-state index in [9.17, 15) is 0 Å². The Hall–Kier alpha value is -0.800. The molecule has 0 radical (unpaired) electrons. The number of nitrogens with zero attached hydrogens (tertiary/aromatic N) is 1. The Morgan fingerprint density at radius 3 is 3.06 bits per heavy atom. The van der Waals surface area contributed by atoms with Gasteiger partial charge >= 0.3 is 0 Å². The quantitative estimate of drug-likeness (QED) is 0.825. The average molecular weight is 241 g/mol. The summed E-state index contributed by atoms with van der Waals surface area (Å²) < 4.78 is 5.40. The van der Waals surface area contributed by atoms with E-state index in [0.717, 1.165) is 18.7 Å². The second-order valence-corrected chi connectivity index (χ2v) is 4.60. The summed E-state index contributed by atoms with van der Waals surface area (Å²) in [7, 11) is 1.78. The number of aromatic nitrogens is 1. The number of methoxy groups -OCH3 is 1. The Morgan fingerprint density at radius 1 is 1.44 bits per heavy atom. The van der Waals surface area contributed by atoms with Crippen LogP contribution >= 0.6 is 11.6 Å². The molecule has 16 heavy (non-hydrogen) atoms. The fourth-order valence-corrected chi connectivity index (χ4v) is 2.35. The lowest BCUT2D eigenvalue weighted by Crippen LogP contribution is -2.31. The molecule has 88 valence electrons. The van der Waals surface area contributed by atoms with Crippen LogP contribution in [0.1, 0.15) is 25.7 Å². The third kappa shape index (κ3) is 3.09. The summed E-state index contributed by atoms with van der Waals surface area (Å²) in [6.07, 6.45) is 4.97. The molecule has 0 spiro atoms. The minimum atomic E-state index is 0.380. The zero-order valence-corrected chi connectivity index (χ0v) is 10.2. The van der Waals surface area contributed by atoms with E-state index in [2.05, 4.69) is 10.3 Å². The highest BCUT2D eigenvalue weighted by Gasteiger charge is 2.21. The fraction of sp³-hybridized carbons (Fsp3) is 0.583. The number of hydrogen-bond donors (Lipinski definition) is 1. The number of pyridine rings is 1. The molecule has 2 atom stereocenters. The Kier molecular flexibility index (Phi) is 4.02. The minimum Gasteiger partial charge on any atom is -0.381 e. The molecular formula is C12H17ClN2O. The molecule has 1 N–H and O–H groups in total. The van der Waals surface area contributed by atoms with Crippen molar-refractivity contribution in [2.45, 2.75) is 37.8 Å². The Bertz CT molecular complexity index is 346. The van der Waals surface area contributed by atoms with E-state index in [1.807, 2.05) is 12.1 Å². The van der Waals surface area contributed by atoms with Gasteiger partial charge in [-0.05, 0) is 37.8 Å². The molecule has 0 saturated heterocycles. The van der Waals surface area contributed by atoms with Gasteiger partial charge in [-0.2, -0.15) is 0 Å². The van der Waals surface area contributed by atoms with E-state index in [-0.39, 0.29) is 0 Å². The molecule has 0 amide bonds. The van der Waals surface area contributed by atoms with Crippen LogP contribution in [0.3, 0.4) is 0 Å². The van der Waals surface area contributed by atoms with Crippen LogP contribution in [0.2, 0.25) is 5.15 Å². The van der Waals surface area contributed by atoms with Crippen LogP contribution in [0.5, 0.6) is 0 Å². The van der Waals surface area contributed by atoms with Gasteiger partial charge in [-0.15, -0.1) is 0 Å². The van der Waals surface area contributed by atoms with E-state index < -0.39 is 0 Å². The standard InChI is InChI=1S/C12H17ClN2O/c1-16-10-5-2-4-9(8-10)14-12-7-3-6-11(13)15-12/h3,6-7,9-10H,2,4-5,8H2,1H3,(H,14,15). The summed E-state index contributed by atoms with van der Waals surface area (Å²) in [5.74, 6) is 0.856. The monoisotopic (exact) mass is 240 g/mol. The van der Waals surface area contributed by atoms with E-state index in [1.165, 1.54) is 12.8 Å². The van der Waals surface area contributed by atoms with Gasteiger partial charge in [0.25, 0.3) is 0 Å². The van der Waals surface area contributed by atoms with E-state index in [1.54, 1.807) is 13.2 Å². The van der Waals surface area contributed by atoms with Crippen LogP contribution in [-0.2, 0) is 4.74 Å². The summed E-state index contributed by atoms with van der Waals surface area (Å²) in [4.78, 5) is 4.23. The van der Waals surface area contributed by atoms with E-state index >= 15 is 0 Å². The predicted octanol–water partition coefficient (Wildman–Crippen LogP) is 3.10. The van der Waals surface area contributed by atoms with Gasteiger partial charge in [0, 0.05) is 13.2 Å². The van der Waals surface area contributed by atoms with Gasteiger partial charge in [0.05, 0.1) is 6.10 Å². The van der Waals surface area contributed by atoms with Crippen molar-refractivity contribution in [2.75, 3.05) is 12.4 Å². The fourth-order valence-electron chi connectivity index (χ4n) is 2.19. The van der Waals surface area contributed by atoms with Crippen molar-refractivity contribution in [2.24, 2.45) is 0 Å². The maximum atomic E-state index is 5.84. The first kappa shape index (κ1) is 11.7. The van der Waals surface area contributed by atoms with Crippen molar-refractivity contribution >= 4 is 17.4 Å². The van der Waals surface area contributed by atoms with Crippen LogP contribution in [-0.4, -0.2) is 24.2 Å². The van der Waals surface area contributed by atoms with Gasteiger partial charge in [-0.25, -0.2) is 4.98 Å². The summed E-state index contributed by atoms with van der Waals surface area (Å²) in [6.45, 7) is 0. The zero-order valence-electron chi connectivity index (χ0n) is 9.45. The Morgan fingerprint density at radius 2 is 2.31 bits per heavy atom. The van der Waals surface area contributed by atoms with Crippen LogP contribution < -0.4 is 5.32 Å². The smallest absolute Gasteiger partial charge is 0.131 e. The molecule has 3 nitrogen and oxygen atoms in total. The molecule has 0 aliphatic heterocycles. The number of anilines is 1. The highest BCUT2D eigenvalue weighted by Crippen LogP contribution is 2.23. The lowest BCUT2D eigenvalue weighted by molar-refractivity contribution is 0.0669. The molecule has 1 fully saturated rings. The van der Waals surface area contributed by atoms with Gasteiger partial charge < -0.3 is 10.1 Å². The van der Waals surface area contributed by atoms with Crippen molar-refractivity contribution < 1.29 is 4.74 Å². The van der Waals surface area contributed by atoms with Crippen molar-refractivity contribution in [1.29, 1.82) is 0 Å². The lowest BCUT2D eigenvalue weighted by Gasteiger charge is -2.29. The molecule has 0 aromatic carbocycles. The SMILES string of the molecule is COC1CCCC(Nc2cccc(Cl)n2)C1. The van der Waals surface area contributed by atoms with Gasteiger partial charge in [0.1, 0.15) is 11.0 Å². The topological polar surface area (TPSA) is 34.1 Å². The molecule has 1 aliphatic carbocycles. The number of nitrogens with one attached hydrogen (secondary N) is 1. The van der Waals surface area contributed by atoms with Gasteiger partial charge in [-0.3, -0.25) is 0 Å². The number of halogens is 1. The predicted molar refractivity (Wildman–Crippen MR) is 65.9 cm³/mol. The maximum absolute atomic E-state index is 5.84. The molecule has 2 unspecified atom stereocenters. The molecule has 1 aliphatic rings. The number of ether oxygens (including phenoxy) is 1. The second kappa shape index (κ2) is 5.51. The first-order valence-corrected chi connectivity index (χ1v) is 6.07. The summed E-state index contributed by atoms with van der Waals surface area (Å²) in [5.41, 5.74) is 0. The van der Waals surface area contributed by atoms with E-state index in [0.29, 0.717) is 17.3 Å². The number of rotatable bonds is 3. The van der Waals surface area contributed by atoms with Crippen LogP contribution in [0.4, 0.5) is 5.82 Å². The Balaban J connectivity index is 1.94. The van der Waals surface area contributed by atoms with Gasteiger partial charge in [0.2, 0.25) is 0 Å². The van der Waals surface area contributed by atoms with Crippen LogP contribution in [0.25, 0.3) is 0 Å². The summed E-state index contributed by atoms with van der Waals surface area (Å²) in [6, 6.07) is 6.09. The third-order valence-electron chi connectivity index (χ3n) is 3.03. The highest BCUT2D eigenvalue weighted by molar-refractivity contribution is 6.29. The molecule has 2 rings (SSSR count). The average Bonchev–Trinajstić information content (AvgIpc) is 2.29. The summed E-state index contributed by atoms with van der Waals surface area (Å²) >= 11 is 5.84. The van der Waals surface area contributed by atoms with E-state index in [4.69, 9.17) is 16.3 Å². The van der Waals surface area contributed by atoms with Gasteiger partial charge in [-0.1, -0.05) is 17.7 Å². The van der Waals surface area contributed by atoms with Crippen molar-refractivity contribution in [3.63, 3.8) is 0 Å². The Labute approximate surface area is 101 Å². The minimum absolute atomic E-state index is 0.380. The first-order chi connectivity index (χ1) is 7.78. The highest BCUT2D eigenvalue weighted by atomic mass is 35.5. The molecule has 4 heteroatoms. The third-order valence-corrected chi connectivity index (χ3v) is 3.24.